The van der Waals surface area contributed by atoms with Crippen LogP contribution in [0.1, 0.15) is 44.3 Å². The Balaban J connectivity index is 1.53. The number of halogens is 1. The molecule has 1 aromatic heterocycles. The summed E-state index contributed by atoms with van der Waals surface area (Å²) in [5.41, 5.74) is 0.659. The largest absolute Gasteiger partial charge is 0.349 e. The number of carbonyl (C=O) groups is 1. The van der Waals surface area contributed by atoms with E-state index in [1.165, 1.54) is 42.5 Å². The second-order valence-corrected chi connectivity index (χ2v) is 5.95. The predicted molar refractivity (Wildman–Crippen MR) is 82.2 cm³/mol. The number of aromatic nitrogens is 4. The van der Waals surface area contributed by atoms with Gasteiger partial charge in [0.2, 0.25) is 5.91 Å². The molecule has 1 amide bonds. The van der Waals surface area contributed by atoms with Crippen LogP contribution in [0.3, 0.4) is 0 Å². The summed E-state index contributed by atoms with van der Waals surface area (Å²) in [7, 11) is 0. The molecule has 2 aromatic rings. The van der Waals surface area contributed by atoms with Crippen molar-refractivity contribution in [2.45, 2.75) is 45.1 Å². The highest BCUT2D eigenvalue weighted by molar-refractivity contribution is 5.75. The molecule has 0 bridgehead atoms. The lowest BCUT2D eigenvalue weighted by Gasteiger charge is -2.09. The van der Waals surface area contributed by atoms with Crippen LogP contribution in [-0.4, -0.2) is 26.1 Å². The van der Waals surface area contributed by atoms with Gasteiger partial charge in [-0.15, -0.1) is 5.10 Å². The third-order valence-electron chi connectivity index (χ3n) is 4.30. The van der Waals surface area contributed by atoms with Crippen LogP contribution < -0.4 is 5.32 Å². The van der Waals surface area contributed by atoms with Crippen molar-refractivity contribution >= 4 is 5.91 Å². The van der Waals surface area contributed by atoms with Crippen molar-refractivity contribution < 1.29 is 9.18 Å². The fourth-order valence-electron chi connectivity index (χ4n) is 3.00. The molecule has 7 heteroatoms. The quantitative estimate of drug-likeness (QED) is 0.888. The van der Waals surface area contributed by atoms with Gasteiger partial charge in [0.1, 0.15) is 5.82 Å². The third kappa shape index (κ3) is 4.12. The van der Waals surface area contributed by atoms with Gasteiger partial charge in [-0.2, -0.15) is 4.68 Å². The summed E-state index contributed by atoms with van der Waals surface area (Å²) in [4.78, 5) is 11.9. The van der Waals surface area contributed by atoms with E-state index in [-0.39, 0.29) is 18.3 Å². The van der Waals surface area contributed by atoms with E-state index < -0.39 is 0 Å². The number of hydrogen-bond acceptors (Lipinski definition) is 4. The molecule has 1 N–H and O–H groups in total. The zero-order valence-electron chi connectivity index (χ0n) is 12.9. The lowest BCUT2D eigenvalue weighted by Crippen LogP contribution is -2.25. The second kappa shape index (κ2) is 7.30. The number of nitrogens with one attached hydrogen (secondary N) is 1. The Hall–Kier alpha value is -2.31. The highest BCUT2D eigenvalue weighted by Crippen LogP contribution is 2.28. The molecule has 0 radical (unpaired) electrons. The average Bonchev–Trinajstić information content (AvgIpc) is 3.23. The second-order valence-electron chi connectivity index (χ2n) is 5.95. The number of amides is 1. The van der Waals surface area contributed by atoms with E-state index >= 15 is 0 Å². The molecule has 1 aliphatic carbocycles. The number of carbonyl (C=O) groups excluding carboxylic acids is 1. The van der Waals surface area contributed by atoms with Crippen LogP contribution in [0.25, 0.3) is 5.69 Å². The number of tetrazole rings is 1. The smallest absolute Gasteiger partial charge is 0.220 e. The summed E-state index contributed by atoms with van der Waals surface area (Å²) in [6.45, 7) is 0.258. The van der Waals surface area contributed by atoms with Crippen LogP contribution in [0.2, 0.25) is 0 Å². The van der Waals surface area contributed by atoms with Gasteiger partial charge in [-0.1, -0.05) is 25.7 Å². The molecule has 1 saturated carbocycles. The minimum absolute atomic E-state index is 0.0190. The van der Waals surface area contributed by atoms with Crippen LogP contribution in [0.4, 0.5) is 4.39 Å². The first-order valence-corrected chi connectivity index (χ1v) is 8.02. The Labute approximate surface area is 134 Å². The molecule has 23 heavy (non-hydrogen) atoms. The van der Waals surface area contributed by atoms with E-state index in [1.54, 1.807) is 12.1 Å². The zero-order valence-corrected chi connectivity index (χ0v) is 12.9. The maximum absolute atomic E-state index is 13.0. The molecule has 0 aliphatic heterocycles. The lowest BCUT2D eigenvalue weighted by molar-refractivity contribution is -0.121. The maximum atomic E-state index is 13.0. The standard InChI is InChI=1S/C16H20FN5O/c17-13-6-8-14(9-7-13)22-15(19-20-21-22)11-18-16(23)10-5-12-3-1-2-4-12/h6-9,12H,1-5,10-11H2,(H,18,23). The van der Waals surface area contributed by atoms with E-state index in [4.69, 9.17) is 0 Å². The topological polar surface area (TPSA) is 72.7 Å². The fraction of sp³-hybridized carbons (Fsp3) is 0.500. The Kier molecular flexibility index (Phi) is 4.95. The van der Waals surface area contributed by atoms with Crippen molar-refractivity contribution in [1.82, 2.24) is 25.5 Å². The maximum Gasteiger partial charge on any atom is 0.220 e. The van der Waals surface area contributed by atoms with E-state index in [0.29, 0.717) is 23.9 Å². The number of benzene rings is 1. The molecule has 1 aliphatic rings. The number of rotatable bonds is 6. The molecule has 6 nitrogen and oxygen atoms in total. The van der Waals surface area contributed by atoms with Gasteiger partial charge in [-0.25, -0.2) is 4.39 Å². The molecular weight excluding hydrogens is 297 g/mol. The molecule has 1 aromatic carbocycles. The van der Waals surface area contributed by atoms with Crippen molar-refractivity contribution in [3.8, 4) is 5.69 Å². The normalized spacial score (nSPS) is 15.0. The molecule has 1 heterocycles. The number of hydrogen-bond donors (Lipinski definition) is 1. The van der Waals surface area contributed by atoms with Gasteiger partial charge in [0.15, 0.2) is 5.82 Å². The summed E-state index contributed by atoms with van der Waals surface area (Å²) in [6, 6.07) is 5.89. The Morgan fingerprint density at radius 1 is 1.26 bits per heavy atom. The van der Waals surface area contributed by atoms with Crippen molar-refractivity contribution in [1.29, 1.82) is 0 Å². The number of nitrogens with zero attached hydrogens (tertiary/aromatic N) is 4. The monoisotopic (exact) mass is 317 g/mol. The van der Waals surface area contributed by atoms with Crippen LogP contribution in [-0.2, 0) is 11.3 Å². The van der Waals surface area contributed by atoms with Crippen LogP contribution >= 0.6 is 0 Å². The van der Waals surface area contributed by atoms with E-state index in [0.717, 1.165) is 6.42 Å². The molecule has 3 rings (SSSR count). The minimum Gasteiger partial charge on any atom is -0.349 e. The zero-order chi connectivity index (χ0) is 16.1. The predicted octanol–water partition coefficient (Wildman–Crippen LogP) is 2.39. The Morgan fingerprint density at radius 3 is 2.74 bits per heavy atom. The molecule has 0 saturated heterocycles. The SMILES string of the molecule is O=C(CCC1CCCC1)NCc1nnnn1-c1ccc(F)cc1. The molecule has 0 atom stereocenters. The van der Waals surface area contributed by atoms with Gasteiger partial charge in [0.05, 0.1) is 12.2 Å². The third-order valence-corrected chi connectivity index (χ3v) is 4.30. The van der Waals surface area contributed by atoms with Gasteiger partial charge in [-0.3, -0.25) is 4.79 Å². The van der Waals surface area contributed by atoms with Crippen molar-refractivity contribution in [2.24, 2.45) is 5.92 Å². The summed E-state index contributed by atoms with van der Waals surface area (Å²) in [6.07, 6.45) is 6.57. The van der Waals surface area contributed by atoms with Gasteiger partial charge in [0.25, 0.3) is 0 Å². The average molecular weight is 317 g/mol. The van der Waals surface area contributed by atoms with Crippen LogP contribution in [0.5, 0.6) is 0 Å². The Morgan fingerprint density at radius 2 is 2.00 bits per heavy atom. The first-order valence-electron chi connectivity index (χ1n) is 8.02. The van der Waals surface area contributed by atoms with E-state index in [1.807, 2.05) is 0 Å². The molecule has 0 spiro atoms. The molecular formula is C16H20FN5O. The van der Waals surface area contributed by atoms with Crippen molar-refractivity contribution in [2.75, 3.05) is 0 Å². The van der Waals surface area contributed by atoms with Gasteiger partial charge < -0.3 is 5.32 Å². The first kappa shape index (κ1) is 15.6. The van der Waals surface area contributed by atoms with Crippen molar-refractivity contribution in [3.63, 3.8) is 0 Å². The van der Waals surface area contributed by atoms with Gasteiger partial charge >= 0.3 is 0 Å². The van der Waals surface area contributed by atoms with Gasteiger partial charge in [-0.05, 0) is 47.0 Å². The summed E-state index contributed by atoms with van der Waals surface area (Å²) in [5.74, 6) is 0.922. The van der Waals surface area contributed by atoms with E-state index in [9.17, 15) is 9.18 Å². The molecule has 122 valence electrons. The summed E-state index contributed by atoms with van der Waals surface area (Å²) < 4.78 is 14.5. The highest BCUT2D eigenvalue weighted by atomic mass is 19.1. The Bertz CT molecular complexity index is 649. The summed E-state index contributed by atoms with van der Waals surface area (Å²) >= 11 is 0. The molecule has 0 unspecified atom stereocenters. The first-order chi connectivity index (χ1) is 11.2. The summed E-state index contributed by atoms with van der Waals surface area (Å²) in [5, 5.41) is 14.3. The fourth-order valence-corrected chi connectivity index (χ4v) is 3.00. The van der Waals surface area contributed by atoms with Gasteiger partial charge in [0, 0.05) is 6.42 Å². The lowest BCUT2D eigenvalue weighted by atomic mass is 10.0. The highest BCUT2D eigenvalue weighted by Gasteiger charge is 2.16. The van der Waals surface area contributed by atoms with Crippen LogP contribution in [0.15, 0.2) is 24.3 Å². The van der Waals surface area contributed by atoms with E-state index in [2.05, 4.69) is 20.8 Å². The molecule has 1 fully saturated rings. The minimum atomic E-state index is -0.316. The van der Waals surface area contributed by atoms with Crippen LogP contribution in [0, 0.1) is 11.7 Å². The van der Waals surface area contributed by atoms with Crippen molar-refractivity contribution in [3.05, 3.63) is 35.9 Å².